The van der Waals surface area contributed by atoms with Gasteiger partial charge in [0.05, 0.1) is 11.0 Å². The summed E-state index contributed by atoms with van der Waals surface area (Å²) in [4.78, 5) is -0.366. The van der Waals surface area contributed by atoms with Gasteiger partial charge in [-0.15, -0.1) is 11.6 Å². The molecule has 2 rings (SSSR count). The van der Waals surface area contributed by atoms with Crippen molar-refractivity contribution in [3.63, 3.8) is 0 Å². The molecule has 0 saturated heterocycles. The van der Waals surface area contributed by atoms with Crippen LogP contribution in [-0.4, -0.2) is 16.1 Å². The van der Waals surface area contributed by atoms with E-state index in [4.69, 9.17) is 11.6 Å². The Morgan fingerprint density at radius 3 is 2.33 bits per heavy atom. The Hall–Kier alpha value is 0.250. The number of hydrogen-bond donors (Lipinski definition) is 1. The van der Waals surface area contributed by atoms with Crippen molar-refractivity contribution in [2.45, 2.75) is 44.6 Å². The molecule has 0 heterocycles. The summed E-state index contributed by atoms with van der Waals surface area (Å²) >= 11 is 6.22. The lowest BCUT2D eigenvalue weighted by Gasteiger charge is -2.31. The molecule has 2 heteroatoms. The lowest BCUT2D eigenvalue weighted by atomic mass is 9.87. The molecule has 0 spiro atoms. The fraction of sp³-hybridized carbons (Fsp3) is 1.00. The number of hydrogen-bond acceptors (Lipinski definition) is 1. The van der Waals surface area contributed by atoms with Crippen molar-refractivity contribution in [3.05, 3.63) is 0 Å². The van der Waals surface area contributed by atoms with Crippen LogP contribution in [-0.2, 0) is 0 Å². The summed E-state index contributed by atoms with van der Waals surface area (Å²) in [5.74, 6) is 1.47. The third-order valence-electron chi connectivity index (χ3n) is 4.08. The van der Waals surface area contributed by atoms with E-state index in [2.05, 4.69) is 13.8 Å². The molecule has 4 atom stereocenters. The average Bonchev–Trinajstić information content (AvgIpc) is 2.37. The normalized spacial score (nSPS) is 56.2. The van der Waals surface area contributed by atoms with Crippen LogP contribution in [0.5, 0.6) is 0 Å². The van der Waals surface area contributed by atoms with Crippen molar-refractivity contribution < 1.29 is 5.11 Å². The Morgan fingerprint density at radius 2 is 1.83 bits per heavy atom. The topological polar surface area (TPSA) is 20.2 Å². The molecular formula is C10H17ClO. The zero-order chi connectivity index (χ0) is 9.15. The quantitative estimate of drug-likeness (QED) is 0.579. The number of rotatable bonds is 0. The summed E-state index contributed by atoms with van der Waals surface area (Å²) < 4.78 is 0. The molecule has 1 N–H and O–H groups in total. The van der Waals surface area contributed by atoms with Gasteiger partial charge in [0, 0.05) is 0 Å². The van der Waals surface area contributed by atoms with Crippen LogP contribution < -0.4 is 0 Å². The van der Waals surface area contributed by atoms with E-state index in [1.54, 1.807) is 0 Å². The first-order chi connectivity index (χ1) is 5.36. The van der Waals surface area contributed by atoms with Gasteiger partial charge in [-0.2, -0.15) is 0 Å². The first-order valence-electron chi connectivity index (χ1n) is 4.72. The minimum absolute atomic E-state index is 0.304. The molecule has 0 unspecified atom stereocenters. The van der Waals surface area contributed by atoms with Gasteiger partial charge < -0.3 is 5.11 Å². The second-order valence-electron chi connectivity index (χ2n) is 5.27. The molecule has 2 aliphatic rings. The van der Waals surface area contributed by atoms with Gasteiger partial charge >= 0.3 is 0 Å². The summed E-state index contributed by atoms with van der Waals surface area (Å²) in [6.07, 6.45) is 1.58. The van der Waals surface area contributed by atoms with Crippen LogP contribution in [0.4, 0.5) is 0 Å². The van der Waals surface area contributed by atoms with Crippen LogP contribution in [0.2, 0.25) is 0 Å². The Morgan fingerprint density at radius 1 is 1.25 bits per heavy atom. The highest BCUT2D eigenvalue weighted by molar-refractivity contribution is 6.24. The van der Waals surface area contributed by atoms with E-state index in [-0.39, 0.29) is 11.0 Å². The number of alkyl halides is 1. The van der Waals surface area contributed by atoms with Crippen molar-refractivity contribution >= 4 is 11.6 Å². The molecule has 70 valence electrons. The number of halogens is 1. The van der Waals surface area contributed by atoms with Gasteiger partial charge in [0.15, 0.2) is 0 Å². The predicted octanol–water partition coefficient (Wildman–Crippen LogP) is 2.41. The monoisotopic (exact) mass is 188 g/mol. The summed E-state index contributed by atoms with van der Waals surface area (Å²) in [6.45, 7) is 6.53. The highest BCUT2D eigenvalue weighted by Gasteiger charge is 2.63. The third-order valence-corrected chi connectivity index (χ3v) is 4.49. The summed E-state index contributed by atoms with van der Waals surface area (Å²) in [5, 5.41) is 9.73. The number of fused-ring (bicyclic) bond motifs is 1. The maximum atomic E-state index is 9.73. The third kappa shape index (κ3) is 1.03. The SMILES string of the molecule is CC1(C)[C@@H]2C[C@](C)(Cl)[C@@H](O)C[C@@H]21. The number of aliphatic hydroxyl groups excluding tert-OH is 1. The van der Waals surface area contributed by atoms with Gasteiger partial charge in [0.25, 0.3) is 0 Å². The second-order valence-corrected chi connectivity index (χ2v) is 6.13. The molecule has 0 aliphatic heterocycles. The van der Waals surface area contributed by atoms with E-state index in [0.717, 1.165) is 24.7 Å². The largest absolute Gasteiger partial charge is 0.391 e. The van der Waals surface area contributed by atoms with Crippen molar-refractivity contribution in [1.29, 1.82) is 0 Å². The highest BCUT2D eigenvalue weighted by atomic mass is 35.5. The molecule has 2 saturated carbocycles. The molecule has 0 bridgehead atoms. The Bertz CT molecular complexity index is 210. The summed E-state index contributed by atoms with van der Waals surface area (Å²) in [6, 6.07) is 0. The maximum Gasteiger partial charge on any atom is 0.0732 e. The second kappa shape index (κ2) is 2.19. The van der Waals surface area contributed by atoms with E-state index in [1.165, 1.54) is 0 Å². The molecule has 2 fully saturated rings. The van der Waals surface area contributed by atoms with Gasteiger partial charge in [-0.3, -0.25) is 0 Å². The summed E-state index contributed by atoms with van der Waals surface area (Å²) in [5.41, 5.74) is 0.438. The van der Waals surface area contributed by atoms with Crippen LogP contribution in [0, 0.1) is 17.3 Å². The van der Waals surface area contributed by atoms with Crippen LogP contribution in [0.3, 0.4) is 0 Å². The molecule has 0 amide bonds. The molecule has 0 aromatic carbocycles. The molecule has 12 heavy (non-hydrogen) atoms. The van der Waals surface area contributed by atoms with Crippen molar-refractivity contribution in [2.24, 2.45) is 17.3 Å². The fourth-order valence-electron chi connectivity index (χ4n) is 2.78. The van der Waals surface area contributed by atoms with Crippen LogP contribution >= 0.6 is 11.6 Å². The first-order valence-corrected chi connectivity index (χ1v) is 5.10. The highest BCUT2D eigenvalue weighted by Crippen LogP contribution is 2.67. The van der Waals surface area contributed by atoms with Crippen LogP contribution in [0.15, 0.2) is 0 Å². The molecule has 0 aromatic heterocycles. The zero-order valence-electron chi connectivity index (χ0n) is 7.97. The molecule has 0 radical (unpaired) electrons. The zero-order valence-corrected chi connectivity index (χ0v) is 8.73. The molecule has 2 aliphatic carbocycles. The van der Waals surface area contributed by atoms with E-state index in [0.29, 0.717) is 5.41 Å². The van der Waals surface area contributed by atoms with E-state index >= 15 is 0 Å². The standard InChI is InChI=1S/C10H17ClO/c1-9(2)6-4-8(12)10(3,11)5-7(6)9/h6-8,12H,4-5H2,1-3H3/t6-,7+,8-,10-/m0/s1. The van der Waals surface area contributed by atoms with Crippen LogP contribution in [0.1, 0.15) is 33.6 Å². The summed E-state index contributed by atoms with van der Waals surface area (Å²) in [7, 11) is 0. The lowest BCUT2D eigenvalue weighted by molar-refractivity contribution is 0.0896. The van der Waals surface area contributed by atoms with Crippen LogP contribution in [0.25, 0.3) is 0 Å². The first kappa shape index (κ1) is 8.83. The van der Waals surface area contributed by atoms with Crippen molar-refractivity contribution in [1.82, 2.24) is 0 Å². The Labute approximate surface area is 79.1 Å². The fourth-order valence-corrected chi connectivity index (χ4v) is 3.04. The number of aliphatic hydroxyl groups is 1. The van der Waals surface area contributed by atoms with Crippen molar-refractivity contribution in [2.75, 3.05) is 0 Å². The molecule has 0 aromatic rings. The van der Waals surface area contributed by atoms with Crippen molar-refractivity contribution in [3.8, 4) is 0 Å². The average molecular weight is 189 g/mol. The smallest absolute Gasteiger partial charge is 0.0732 e. The molecular weight excluding hydrogens is 172 g/mol. The lowest BCUT2D eigenvalue weighted by Crippen LogP contribution is -2.37. The van der Waals surface area contributed by atoms with Gasteiger partial charge in [-0.1, -0.05) is 13.8 Å². The van der Waals surface area contributed by atoms with Gasteiger partial charge in [0.2, 0.25) is 0 Å². The Balaban J connectivity index is 2.14. The van der Waals surface area contributed by atoms with Gasteiger partial charge in [-0.25, -0.2) is 0 Å². The Kier molecular flexibility index (Phi) is 1.61. The van der Waals surface area contributed by atoms with Gasteiger partial charge in [0.1, 0.15) is 0 Å². The van der Waals surface area contributed by atoms with E-state index < -0.39 is 0 Å². The maximum absolute atomic E-state index is 9.73. The minimum atomic E-state index is -0.366. The molecule has 1 nitrogen and oxygen atoms in total. The van der Waals surface area contributed by atoms with Gasteiger partial charge in [-0.05, 0) is 37.0 Å². The predicted molar refractivity (Wildman–Crippen MR) is 50.3 cm³/mol. The van der Waals surface area contributed by atoms with E-state index in [1.807, 2.05) is 6.92 Å². The minimum Gasteiger partial charge on any atom is -0.391 e. The van der Waals surface area contributed by atoms with E-state index in [9.17, 15) is 5.11 Å².